The smallest absolute Gasteiger partial charge is 0.386 e. The van der Waals surface area contributed by atoms with E-state index >= 15 is 0 Å². The summed E-state index contributed by atoms with van der Waals surface area (Å²) in [6, 6.07) is 0. The predicted octanol–water partition coefficient (Wildman–Crippen LogP) is 0.881. The van der Waals surface area contributed by atoms with Gasteiger partial charge >= 0.3 is 23.5 Å². The maximum atomic E-state index is 12.7. The zero-order chi connectivity index (χ0) is 42.8. The number of fused-ring (bicyclic) bond motifs is 1. The molecule has 57 heavy (non-hydrogen) atoms. The van der Waals surface area contributed by atoms with E-state index in [9.17, 15) is 57.9 Å². The molecule has 1 aliphatic heterocycles. The van der Waals surface area contributed by atoms with Gasteiger partial charge in [-0.15, -0.1) is 0 Å². The van der Waals surface area contributed by atoms with Gasteiger partial charge in [-0.1, -0.05) is 58.7 Å². The van der Waals surface area contributed by atoms with E-state index in [0.717, 1.165) is 48.2 Å². The predicted molar refractivity (Wildman–Crippen MR) is 200 cm³/mol. The van der Waals surface area contributed by atoms with Crippen molar-refractivity contribution < 1.29 is 80.5 Å². The zero-order valence-electron chi connectivity index (χ0n) is 31.5. The number of anilines is 1. The minimum atomic E-state index is -5.57. The highest BCUT2D eigenvalue weighted by Crippen LogP contribution is 2.61. The van der Waals surface area contributed by atoms with Crippen LogP contribution >= 0.6 is 35.2 Å². The van der Waals surface area contributed by atoms with E-state index in [0.29, 0.717) is 12.2 Å². The molecule has 0 radical (unpaired) electrons. The third kappa shape index (κ3) is 15.6. The van der Waals surface area contributed by atoms with Crippen LogP contribution in [-0.2, 0) is 50.7 Å². The second-order valence-electron chi connectivity index (χ2n) is 13.7. The number of amides is 2. The molecular formula is C29H50N7O17P3S. The Kier molecular flexibility index (Phi) is 18.2. The maximum absolute atomic E-state index is 12.7. The molecule has 2 aromatic heterocycles. The SMILES string of the molecule is CCCCC(C)CC(=O)SCCNC(=O)CCNC(=O)C(O)C(C)(C)COP(=O)(O)OP(=O)(O)OCC1OC(n2cnc3c(N)ncnc32)C(O)C1OP(=O)(O)O. The number of hydrogen-bond acceptors (Lipinski definition) is 18. The standard InChI is InChI=1S/C29H50N7O17P3S/c1-5-6-7-17(2)12-20(38)57-11-10-31-19(37)8-9-32-27(41)24(40)29(3,4)14-50-56(47,48)53-55(45,46)49-13-18-23(52-54(42,43)44)22(39)28(51-18)36-16-35-21-25(30)33-15-34-26(21)36/h15-18,22-24,28,39-40H,5-14H2,1-4H3,(H,31,37)(H,32,41)(H,45,46)(H,47,48)(H2,30,33,34)(H2,42,43,44). The van der Waals surface area contributed by atoms with E-state index in [1.807, 2.05) is 6.92 Å². The van der Waals surface area contributed by atoms with Gasteiger partial charge in [0.1, 0.15) is 36.3 Å². The van der Waals surface area contributed by atoms with Crippen molar-refractivity contribution in [3.05, 3.63) is 12.7 Å². The van der Waals surface area contributed by atoms with Gasteiger partial charge in [0.05, 0.1) is 19.5 Å². The van der Waals surface area contributed by atoms with Crippen LogP contribution in [0.5, 0.6) is 0 Å². The molecule has 1 aliphatic rings. The topological polar surface area (TPSA) is 364 Å². The lowest BCUT2D eigenvalue weighted by Gasteiger charge is -2.30. The molecule has 0 saturated carbocycles. The summed E-state index contributed by atoms with van der Waals surface area (Å²) >= 11 is 1.13. The van der Waals surface area contributed by atoms with E-state index in [1.165, 1.54) is 13.8 Å². The number of unbranched alkanes of at least 4 members (excludes halogenated alkanes) is 1. The van der Waals surface area contributed by atoms with Crippen LogP contribution in [0.3, 0.4) is 0 Å². The first-order chi connectivity index (χ1) is 26.4. The van der Waals surface area contributed by atoms with Crippen molar-refractivity contribution in [2.75, 3.05) is 37.8 Å². The highest BCUT2D eigenvalue weighted by molar-refractivity contribution is 8.13. The molecule has 0 aromatic carbocycles. The molecule has 2 amide bonds. The van der Waals surface area contributed by atoms with Crippen LogP contribution in [0.2, 0.25) is 0 Å². The third-order valence-electron chi connectivity index (χ3n) is 8.33. The van der Waals surface area contributed by atoms with Crippen molar-refractivity contribution in [3.63, 3.8) is 0 Å². The molecule has 8 atom stereocenters. The fourth-order valence-electron chi connectivity index (χ4n) is 5.29. The van der Waals surface area contributed by atoms with E-state index in [-0.39, 0.29) is 47.5 Å². The van der Waals surface area contributed by atoms with Crippen LogP contribution in [0, 0.1) is 11.3 Å². The maximum Gasteiger partial charge on any atom is 0.481 e. The number of ether oxygens (including phenoxy) is 1. The first-order valence-corrected chi connectivity index (χ1v) is 23.0. The minimum Gasteiger partial charge on any atom is -0.386 e. The van der Waals surface area contributed by atoms with Crippen molar-refractivity contribution in [2.24, 2.45) is 11.3 Å². The van der Waals surface area contributed by atoms with Gasteiger partial charge < -0.3 is 50.9 Å². The van der Waals surface area contributed by atoms with Crippen LogP contribution in [-0.4, -0.2) is 123 Å². The number of aliphatic hydroxyl groups is 2. The average molecular weight is 894 g/mol. The number of imidazole rings is 1. The molecule has 10 N–H and O–H groups in total. The van der Waals surface area contributed by atoms with Crippen molar-refractivity contribution >= 4 is 69.1 Å². The van der Waals surface area contributed by atoms with E-state index < -0.39 is 84.6 Å². The largest absolute Gasteiger partial charge is 0.481 e. The number of carbonyl (C=O) groups excluding carboxylic acids is 3. The minimum absolute atomic E-state index is 0.0321. The number of aromatic nitrogens is 4. The zero-order valence-corrected chi connectivity index (χ0v) is 35.0. The summed E-state index contributed by atoms with van der Waals surface area (Å²) in [4.78, 5) is 87.8. The number of nitrogens with zero attached hydrogens (tertiary/aromatic N) is 4. The van der Waals surface area contributed by atoms with Crippen molar-refractivity contribution in [2.45, 2.75) is 90.4 Å². The van der Waals surface area contributed by atoms with Gasteiger partial charge in [-0.2, -0.15) is 4.31 Å². The van der Waals surface area contributed by atoms with E-state index in [1.54, 1.807) is 0 Å². The molecule has 1 fully saturated rings. The van der Waals surface area contributed by atoms with Crippen molar-refractivity contribution in [3.8, 4) is 0 Å². The Morgan fingerprint density at radius 1 is 1.07 bits per heavy atom. The Hall–Kier alpha value is -2.44. The number of nitrogen functional groups attached to an aromatic ring is 1. The fourth-order valence-corrected chi connectivity index (χ4v) is 8.96. The first-order valence-electron chi connectivity index (χ1n) is 17.5. The van der Waals surface area contributed by atoms with Crippen molar-refractivity contribution in [1.29, 1.82) is 0 Å². The number of rotatable bonds is 24. The Labute approximate surface area is 331 Å². The van der Waals surface area contributed by atoms with Gasteiger partial charge in [0.15, 0.2) is 22.8 Å². The highest BCUT2D eigenvalue weighted by Gasteiger charge is 2.50. The Balaban J connectivity index is 1.46. The number of carbonyl (C=O) groups is 3. The molecule has 3 rings (SSSR count). The normalized spacial score (nSPS) is 22.1. The fraction of sp³-hybridized carbons (Fsp3) is 0.724. The number of hydrogen-bond donors (Lipinski definition) is 9. The summed E-state index contributed by atoms with van der Waals surface area (Å²) in [7, 11) is -16.4. The number of nitrogens with one attached hydrogen (secondary N) is 2. The van der Waals surface area contributed by atoms with Crippen LogP contribution in [0.4, 0.5) is 5.82 Å². The Morgan fingerprint density at radius 3 is 2.42 bits per heavy atom. The van der Waals surface area contributed by atoms with Crippen LogP contribution in [0.15, 0.2) is 12.7 Å². The quantitative estimate of drug-likeness (QED) is 0.0521. The summed E-state index contributed by atoms with van der Waals surface area (Å²) in [6.07, 6.45) is -3.33. The summed E-state index contributed by atoms with van der Waals surface area (Å²) in [6.45, 7) is 4.66. The Morgan fingerprint density at radius 2 is 1.75 bits per heavy atom. The molecule has 24 nitrogen and oxygen atoms in total. The number of phosphoric ester groups is 3. The molecule has 3 heterocycles. The van der Waals surface area contributed by atoms with Crippen LogP contribution in [0.25, 0.3) is 11.2 Å². The lowest BCUT2D eigenvalue weighted by molar-refractivity contribution is -0.137. The lowest BCUT2D eigenvalue weighted by atomic mass is 9.87. The third-order valence-corrected chi connectivity index (χ3v) is 12.3. The number of thioether (sulfide) groups is 1. The summed E-state index contributed by atoms with van der Waals surface area (Å²) in [5, 5.41) is 26.5. The van der Waals surface area contributed by atoms with Gasteiger partial charge in [-0.25, -0.2) is 28.6 Å². The molecule has 8 unspecified atom stereocenters. The van der Waals surface area contributed by atoms with Gasteiger partial charge in [0.2, 0.25) is 11.8 Å². The van der Waals surface area contributed by atoms with Gasteiger partial charge in [0, 0.05) is 37.1 Å². The number of nitrogens with two attached hydrogens (primary N) is 1. The van der Waals surface area contributed by atoms with E-state index in [2.05, 4.69) is 41.3 Å². The second-order valence-corrected chi connectivity index (χ2v) is 19.1. The van der Waals surface area contributed by atoms with E-state index in [4.69, 9.17) is 19.5 Å². The molecule has 28 heteroatoms. The molecule has 0 spiro atoms. The first kappa shape index (κ1) is 48.9. The molecule has 0 bridgehead atoms. The summed E-state index contributed by atoms with van der Waals surface area (Å²) in [5.41, 5.74) is 4.27. The molecular weight excluding hydrogens is 843 g/mol. The monoisotopic (exact) mass is 893 g/mol. The van der Waals surface area contributed by atoms with Crippen LogP contribution < -0.4 is 16.4 Å². The summed E-state index contributed by atoms with van der Waals surface area (Å²) in [5.74, 6) is -0.757. The van der Waals surface area contributed by atoms with Gasteiger partial charge in [0.25, 0.3) is 0 Å². The van der Waals surface area contributed by atoms with Gasteiger partial charge in [-0.05, 0) is 5.92 Å². The molecule has 2 aromatic rings. The number of aliphatic hydroxyl groups excluding tert-OH is 2. The summed E-state index contributed by atoms with van der Waals surface area (Å²) < 4.78 is 62.2. The van der Waals surface area contributed by atoms with Crippen LogP contribution in [0.1, 0.15) is 66.0 Å². The van der Waals surface area contributed by atoms with Gasteiger partial charge in [-0.3, -0.25) is 32.5 Å². The highest BCUT2D eigenvalue weighted by atomic mass is 32.2. The van der Waals surface area contributed by atoms with Crippen molar-refractivity contribution in [1.82, 2.24) is 30.2 Å². The second kappa shape index (κ2) is 21.2. The lowest BCUT2D eigenvalue weighted by Crippen LogP contribution is -2.46. The number of phosphoric acid groups is 3. The molecule has 324 valence electrons. The average Bonchev–Trinajstić information content (AvgIpc) is 3.67. The Bertz CT molecular complexity index is 1830. The molecule has 0 aliphatic carbocycles. The molecule has 1 saturated heterocycles.